The average molecular weight is 238 g/mol. The fraction of sp³-hybridized carbons (Fsp3) is 0.833. The van der Waals surface area contributed by atoms with Crippen LogP contribution in [0, 0.1) is 5.41 Å². The summed E-state index contributed by atoms with van der Waals surface area (Å²) in [5.74, 6) is -0.615. The van der Waals surface area contributed by atoms with E-state index in [0.717, 1.165) is 19.4 Å². The molecule has 0 unspecified atom stereocenters. The zero-order valence-corrected chi connectivity index (χ0v) is 10.0. The first-order valence-electron chi connectivity index (χ1n) is 6.22. The molecule has 3 saturated carbocycles. The number of carboxylic acid groups (broad SMARTS) is 1. The van der Waals surface area contributed by atoms with Crippen molar-refractivity contribution < 1.29 is 14.7 Å². The van der Waals surface area contributed by atoms with Crippen LogP contribution in [0.3, 0.4) is 0 Å². The van der Waals surface area contributed by atoms with Crippen LogP contribution >= 0.6 is 0 Å². The topological polar surface area (TPSA) is 69.6 Å². The Hall–Kier alpha value is -1.10. The maximum Gasteiger partial charge on any atom is 0.309 e. The third kappa shape index (κ3) is 1.41. The van der Waals surface area contributed by atoms with E-state index >= 15 is 0 Å². The third-order valence-corrected chi connectivity index (χ3v) is 4.70. The van der Waals surface area contributed by atoms with Crippen LogP contribution in [0.25, 0.3) is 0 Å². The highest BCUT2D eigenvalue weighted by atomic mass is 16.4. The Bertz CT molecular complexity index is 373. The van der Waals surface area contributed by atoms with Crippen LogP contribution < -0.4 is 5.32 Å². The summed E-state index contributed by atoms with van der Waals surface area (Å²) < 4.78 is 0. The number of carbonyl (C=O) groups excluding carboxylic acids is 1. The van der Waals surface area contributed by atoms with Crippen LogP contribution in [0.15, 0.2) is 0 Å². The smallest absolute Gasteiger partial charge is 0.309 e. The number of carboxylic acids is 1. The number of rotatable bonds is 3. The molecule has 4 aliphatic rings. The number of nitrogens with one attached hydrogen (secondary N) is 1. The van der Waals surface area contributed by atoms with Crippen LogP contribution in [0.2, 0.25) is 0 Å². The fourth-order valence-electron chi connectivity index (χ4n) is 3.73. The van der Waals surface area contributed by atoms with Gasteiger partial charge < -0.3 is 10.4 Å². The molecule has 2 N–H and O–H groups in total. The lowest BCUT2D eigenvalue weighted by molar-refractivity contribution is -0.200. The molecule has 4 fully saturated rings. The van der Waals surface area contributed by atoms with E-state index in [1.807, 2.05) is 7.05 Å². The van der Waals surface area contributed by atoms with Crippen molar-refractivity contribution >= 4 is 11.9 Å². The second kappa shape index (κ2) is 3.22. The van der Waals surface area contributed by atoms with Gasteiger partial charge >= 0.3 is 5.97 Å². The largest absolute Gasteiger partial charge is 0.481 e. The second-order valence-corrected chi connectivity index (χ2v) is 6.02. The molecule has 0 spiro atoms. The standard InChI is InChI=1S/C12H18N2O3/c1-14-4-2-3-8(14)9(15)13-12-5-11(6-12,7-12)10(16)17/h8H,2-7H2,1H3,(H,13,15)(H,16,17)/t8-,11?,12?/m0/s1. The predicted molar refractivity (Wildman–Crippen MR) is 60.4 cm³/mol. The second-order valence-electron chi connectivity index (χ2n) is 6.02. The van der Waals surface area contributed by atoms with E-state index in [0.29, 0.717) is 19.3 Å². The number of carbonyl (C=O) groups is 2. The summed E-state index contributed by atoms with van der Waals surface area (Å²) in [4.78, 5) is 25.1. The van der Waals surface area contributed by atoms with Gasteiger partial charge in [0.1, 0.15) is 0 Å². The number of likely N-dealkylation sites (N-methyl/N-ethyl adjacent to an activating group) is 1. The summed E-state index contributed by atoms with van der Waals surface area (Å²) in [5.41, 5.74) is -0.687. The summed E-state index contributed by atoms with van der Waals surface area (Å²) in [6.45, 7) is 0.976. The van der Waals surface area contributed by atoms with E-state index in [1.165, 1.54) is 0 Å². The third-order valence-electron chi connectivity index (χ3n) is 4.70. The molecule has 1 heterocycles. The van der Waals surface area contributed by atoms with Crippen LogP contribution in [-0.2, 0) is 9.59 Å². The highest BCUT2D eigenvalue weighted by Gasteiger charge is 2.72. The van der Waals surface area contributed by atoms with E-state index in [9.17, 15) is 9.59 Å². The Morgan fingerprint density at radius 1 is 1.35 bits per heavy atom. The van der Waals surface area contributed by atoms with E-state index in [-0.39, 0.29) is 17.5 Å². The lowest BCUT2D eigenvalue weighted by Gasteiger charge is -2.68. The first kappa shape index (κ1) is 11.0. The van der Waals surface area contributed by atoms with Gasteiger partial charge in [-0.15, -0.1) is 0 Å². The minimum atomic E-state index is -0.702. The highest BCUT2D eigenvalue weighted by Crippen LogP contribution is 2.67. The van der Waals surface area contributed by atoms with Crippen molar-refractivity contribution in [3.8, 4) is 0 Å². The van der Waals surface area contributed by atoms with Gasteiger partial charge in [0, 0.05) is 5.54 Å². The predicted octanol–water partition coefficient (Wildman–Crippen LogP) is 0.204. The fourth-order valence-corrected chi connectivity index (χ4v) is 3.73. The van der Waals surface area contributed by atoms with Crippen molar-refractivity contribution in [2.45, 2.75) is 43.7 Å². The van der Waals surface area contributed by atoms with E-state index in [4.69, 9.17) is 5.11 Å². The van der Waals surface area contributed by atoms with Gasteiger partial charge in [-0.25, -0.2) is 0 Å². The molecule has 3 aliphatic carbocycles. The molecular weight excluding hydrogens is 220 g/mol. The maximum atomic E-state index is 12.1. The maximum absolute atomic E-state index is 12.1. The van der Waals surface area contributed by atoms with Crippen LogP contribution in [0.1, 0.15) is 32.1 Å². The molecule has 0 aromatic carbocycles. The molecule has 5 nitrogen and oxygen atoms in total. The summed E-state index contributed by atoms with van der Waals surface area (Å²) in [6, 6.07) is -0.00944. The Kier molecular flexibility index (Phi) is 2.09. The zero-order chi connectivity index (χ0) is 12.3. The molecule has 94 valence electrons. The minimum Gasteiger partial charge on any atom is -0.481 e. The molecule has 0 aromatic rings. The molecule has 5 heteroatoms. The van der Waals surface area contributed by atoms with Gasteiger partial charge in [-0.1, -0.05) is 0 Å². The summed E-state index contributed by atoms with van der Waals surface area (Å²) in [5, 5.41) is 12.1. The Morgan fingerprint density at radius 2 is 2.00 bits per heavy atom. The first-order chi connectivity index (χ1) is 7.96. The van der Waals surface area contributed by atoms with Gasteiger partial charge in [-0.2, -0.15) is 0 Å². The number of likely N-dealkylation sites (tertiary alicyclic amines) is 1. The molecule has 0 radical (unpaired) electrons. The number of nitrogens with zero attached hydrogens (tertiary/aromatic N) is 1. The normalized spacial score (nSPS) is 43.7. The Balaban J connectivity index is 1.57. The lowest BCUT2D eigenvalue weighted by Crippen LogP contribution is -2.77. The summed E-state index contributed by atoms with van der Waals surface area (Å²) in [6.07, 6.45) is 3.86. The van der Waals surface area contributed by atoms with Crippen molar-refractivity contribution in [3.05, 3.63) is 0 Å². The summed E-state index contributed by atoms with van der Waals surface area (Å²) >= 11 is 0. The Morgan fingerprint density at radius 3 is 2.47 bits per heavy atom. The molecular formula is C12H18N2O3. The highest BCUT2D eigenvalue weighted by molar-refractivity contribution is 5.86. The number of hydrogen-bond donors (Lipinski definition) is 2. The number of aliphatic carboxylic acids is 1. The number of hydrogen-bond acceptors (Lipinski definition) is 3. The van der Waals surface area contributed by atoms with Gasteiger partial charge in [-0.3, -0.25) is 14.5 Å². The quantitative estimate of drug-likeness (QED) is 0.737. The molecule has 4 rings (SSSR count). The number of amides is 1. The van der Waals surface area contributed by atoms with E-state index < -0.39 is 11.4 Å². The minimum absolute atomic E-state index is 0.00944. The van der Waals surface area contributed by atoms with Crippen LogP contribution in [0.4, 0.5) is 0 Å². The van der Waals surface area contributed by atoms with E-state index in [1.54, 1.807) is 0 Å². The van der Waals surface area contributed by atoms with E-state index in [2.05, 4.69) is 10.2 Å². The van der Waals surface area contributed by atoms with Gasteiger partial charge in [0.05, 0.1) is 11.5 Å². The SMILES string of the molecule is CN1CCC[C@H]1C(=O)NC12CC(C(=O)O)(C1)C2. The monoisotopic (exact) mass is 238 g/mol. The summed E-state index contributed by atoms with van der Waals surface area (Å²) in [7, 11) is 1.97. The average Bonchev–Trinajstić information content (AvgIpc) is 2.54. The van der Waals surface area contributed by atoms with Crippen molar-refractivity contribution in [3.63, 3.8) is 0 Å². The van der Waals surface area contributed by atoms with Crippen LogP contribution in [0.5, 0.6) is 0 Å². The molecule has 0 aromatic heterocycles. The molecule has 1 saturated heterocycles. The van der Waals surface area contributed by atoms with Crippen LogP contribution in [-0.4, -0.2) is 47.1 Å². The molecule has 1 aliphatic heterocycles. The van der Waals surface area contributed by atoms with Gasteiger partial charge in [0.2, 0.25) is 5.91 Å². The zero-order valence-electron chi connectivity index (χ0n) is 10.0. The molecule has 1 atom stereocenters. The molecule has 1 amide bonds. The van der Waals surface area contributed by atoms with Crippen molar-refractivity contribution in [2.24, 2.45) is 5.41 Å². The van der Waals surface area contributed by atoms with Crippen molar-refractivity contribution in [1.82, 2.24) is 10.2 Å². The molecule has 17 heavy (non-hydrogen) atoms. The Labute approximate surface area is 100 Å². The van der Waals surface area contributed by atoms with Crippen molar-refractivity contribution in [2.75, 3.05) is 13.6 Å². The van der Waals surface area contributed by atoms with Gasteiger partial charge in [0.25, 0.3) is 0 Å². The molecule has 2 bridgehead atoms. The first-order valence-corrected chi connectivity index (χ1v) is 6.22. The van der Waals surface area contributed by atoms with Crippen molar-refractivity contribution in [1.29, 1.82) is 0 Å². The lowest BCUT2D eigenvalue weighted by atomic mass is 9.39. The van der Waals surface area contributed by atoms with Gasteiger partial charge in [-0.05, 0) is 45.7 Å². The van der Waals surface area contributed by atoms with Gasteiger partial charge in [0.15, 0.2) is 0 Å².